The first kappa shape index (κ1) is 22.1. The van der Waals surface area contributed by atoms with Crippen LogP contribution in [0.2, 0.25) is 0 Å². The van der Waals surface area contributed by atoms with Gasteiger partial charge in [0, 0.05) is 19.3 Å². The van der Waals surface area contributed by atoms with Crippen LogP contribution in [0.5, 0.6) is 0 Å². The van der Waals surface area contributed by atoms with E-state index in [2.05, 4.69) is 12.2 Å². The summed E-state index contributed by atoms with van der Waals surface area (Å²) in [7, 11) is 0. The lowest BCUT2D eigenvalue weighted by Gasteiger charge is -2.17. The molecule has 0 bridgehead atoms. The number of carbonyl (C=O) groups excluding carboxylic acids is 4. The summed E-state index contributed by atoms with van der Waals surface area (Å²) in [5.41, 5.74) is 0. The summed E-state index contributed by atoms with van der Waals surface area (Å²) in [6.45, 7) is 3.68. The topological polar surface area (TPSA) is 92.8 Å². The van der Waals surface area contributed by atoms with E-state index in [1.165, 1.54) is 45.4 Å². The summed E-state index contributed by atoms with van der Waals surface area (Å²) in [5.74, 6) is -2.10. The van der Waals surface area contributed by atoms with Crippen molar-refractivity contribution in [3.8, 4) is 0 Å². The van der Waals surface area contributed by atoms with Gasteiger partial charge in [-0.25, -0.2) is 4.79 Å². The monoisotopic (exact) mass is 368 g/mol. The lowest BCUT2D eigenvalue weighted by molar-refractivity contribution is -0.198. The Morgan fingerprint density at radius 1 is 0.962 bits per heavy atom. The van der Waals surface area contributed by atoms with Crippen molar-refractivity contribution in [3.63, 3.8) is 0 Å². The predicted molar refractivity (Wildman–Crippen MR) is 96.6 cm³/mol. The van der Waals surface area contributed by atoms with Crippen LogP contribution < -0.4 is 5.32 Å². The SMILES string of the molecule is CCCCCCCCCCCC(=O)NC(C)C(=O)ON1C(=O)CCC1=O. The molecule has 7 heteroatoms. The smallest absolute Gasteiger partial charge is 0.343 e. The summed E-state index contributed by atoms with van der Waals surface area (Å²) in [6, 6.07) is -0.901. The molecule has 0 radical (unpaired) electrons. The fourth-order valence-electron chi connectivity index (χ4n) is 2.80. The first-order chi connectivity index (χ1) is 12.5. The molecule has 0 spiro atoms. The van der Waals surface area contributed by atoms with E-state index in [9.17, 15) is 19.2 Å². The molecule has 0 aromatic heterocycles. The minimum Gasteiger partial charge on any atom is -0.343 e. The highest BCUT2D eigenvalue weighted by Crippen LogP contribution is 2.13. The largest absolute Gasteiger partial charge is 0.354 e. The third-order valence-corrected chi connectivity index (χ3v) is 4.43. The number of rotatable bonds is 13. The van der Waals surface area contributed by atoms with Gasteiger partial charge in [0.1, 0.15) is 6.04 Å². The van der Waals surface area contributed by atoms with E-state index in [-0.39, 0.29) is 18.7 Å². The van der Waals surface area contributed by atoms with Crippen LogP contribution in [0.4, 0.5) is 0 Å². The zero-order valence-corrected chi connectivity index (χ0v) is 16.1. The van der Waals surface area contributed by atoms with Crippen molar-refractivity contribution < 1.29 is 24.0 Å². The Balaban J connectivity index is 2.09. The molecule has 0 saturated carbocycles. The first-order valence-electron chi connectivity index (χ1n) is 9.82. The Bertz CT molecular complexity index is 476. The second-order valence-corrected chi connectivity index (χ2v) is 6.86. The standard InChI is InChI=1S/C19H32N2O5/c1-3-4-5-6-7-8-9-10-11-12-16(22)20-15(2)19(25)26-21-17(23)13-14-18(21)24/h15H,3-14H2,1-2H3,(H,20,22). The fraction of sp³-hybridized carbons (Fsp3) is 0.789. The Hall–Kier alpha value is -1.92. The molecule has 1 fully saturated rings. The van der Waals surface area contributed by atoms with E-state index in [0.29, 0.717) is 11.5 Å². The van der Waals surface area contributed by atoms with Crippen LogP contribution in [-0.4, -0.2) is 34.8 Å². The molecule has 1 aliphatic rings. The molecule has 148 valence electrons. The minimum atomic E-state index is -0.901. The van der Waals surface area contributed by atoms with Crippen molar-refractivity contribution in [1.82, 2.24) is 10.4 Å². The Morgan fingerprint density at radius 3 is 2.00 bits per heavy atom. The van der Waals surface area contributed by atoms with Crippen LogP contribution in [0, 0.1) is 0 Å². The number of nitrogens with zero attached hydrogens (tertiary/aromatic N) is 1. The lowest BCUT2D eigenvalue weighted by atomic mass is 10.1. The van der Waals surface area contributed by atoms with Gasteiger partial charge in [0.25, 0.3) is 11.8 Å². The van der Waals surface area contributed by atoms with Gasteiger partial charge in [0.05, 0.1) is 0 Å². The normalized spacial score (nSPS) is 15.2. The van der Waals surface area contributed by atoms with Crippen LogP contribution >= 0.6 is 0 Å². The van der Waals surface area contributed by atoms with Crippen LogP contribution in [0.25, 0.3) is 0 Å². The molecule has 0 aromatic rings. The maximum atomic E-state index is 11.9. The third-order valence-electron chi connectivity index (χ3n) is 4.43. The highest BCUT2D eigenvalue weighted by Gasteiger charge is 2.34. The second kappa shape index (κ2) is 12.4. The summed E-state index contributed by atoms with van der Waals surface area (Å²) in [4.78, 5) is 51.3. The minimum absolute atomic E-state index is 0.0471. The molecule has 26 heavy (non-hydrogen) atoms. The summed E-state index contributed by atoms with van der Waals surface area (Å²) in [6.07, 6.45) is 11.0. The van der Waals surface area contributed by atoms with E-state index in [1.54, 1.807) is 0 Å². The summed E-state index contributed by atoms with van der Waals surface area (Å²) in [5, 5.41) is 3.04. The number of carbonyl (C=O) groups is 4. The van der Waals surface area contributed by atoms with Crippen molar-refractivity contribution in [2.75, 3.05) is 0 Å². The molecule has 0 aromatic carbocycles. The number of nitrogens with one attached hydrogen (secondary N) is 1. The number of hydrogen-bond acceptors (Lipinski definition) is 5. The van der Waals surface area contributed by atoms with Crippen molar-refractivity contribution in [2.24, 2.45) is 0 Å². The molecule has 1 atom stereocenters. The van der Waals surface area contributed by atoms with E-state index in [4.69, 9.17) is 4.84 Å². The van der Waals surface area contributed by atoms with Gasteiger partial charge < -0.3 is 10.2 Å². The second-order valence-electron chi connectivity index (χ2n) is 6.86. The summed E-state index contributed by atoms with van der Waals surface area (Å²) >= 11 is 0. The number of hydrogen-bond donors (Lipinski definition) is 1. The van der Waals surface area contributed by atoms with Crippen LogP contribution in [0.3, 0.4) is 0 Å². The first-order valence-corrected chi connectivity index (χ1v) is 9.82. The van der Waals surface area contributed by atoms with E-state index >= 15 is 0 Å². The molecule has 1 N–H and O–H groups in total. The fourth-order valence-corrected chi connectivity index (χ4v) is 2.80. The number of amides is 3. The molecular weight excluding hydrogens is 336 g/mol. The molecule has 1 unspecified atom stereocenters. The molecule has 1 heterocycles. The average Bonchev–Trinajstić information content (AvgIpc) is 2.92. The maximum absolute atomic E-state index is 11.9. The third kappa shape index (κ3) is 8.45. The van der Waals surface area contributed by atoms with Gasteiger partial charge in [-0.1, -0.05) is 58.3 Å². The highest BCUT2D eigenvalue weighted by molar-refractivity contribution is 6.01. The maximum Gasteiger partial charge on any atom is 0.354 e. The van der Waals surface area contributed by atoms with Crippen LogP contribution in [0.15, 0.2) is 0 Å². The Morgan fingerprint density at radius 2 is 1.46 bits per heavy atom. The van der Waals surface area contributed by atoms with Crippen molar-refractivity contribution >= 4 is 23.7 Å². The van der Waals surface area contributed by atoms with Gasteiger partial charge in [-0.3, -0.25) is 14.4 Å². The van der Waals surface area contributed by atoms with Crippen molar-refractivity contribution in [1.29, 1.82) is 0 Å². The van der Waals surface area contributed by atoms with Gasteiger partial charge in [-0.05, 0) is 13.3 Å². The van der Waals surface area contributed by atoms with Crippen LogP contribution in [0.1, 0.15) is 90.9 Å². The van der Waals surface area contributed by atoms with E-state index in [0.717, 1.165) is 19.3 Å². The van der Waals surface area contributed by atoms with E-state index < -0.39 is 23.8 Å². The average molecular weight is 368 g/mol. The van der Waals surface area contributed by atoms with Gasteiger partial charge in [0.2, 0.25) is 5.91 Å². The molecule has 1 aliphatic heterocycles. The predicted octanol–water partition coefficient (Wildman–Crippen LogP) is 3.02. The van der Waals surface area contributed by atoms with Gasteiger partial charge in [-0.2, -0.15) is 0 Å². The molecule has 3 amide bonds. The van der Waals surface area contributed by atoms with Gasteiger partial charge >= 0.3 is 5.97 Å². The Labute approximate surface area is 155 Å². The molecule has 0 aliphatic carbocycles. The molecule has 7 nitrogen and oxygen atoms in total. The molecular formula is C19H32N2O5. The van der Waals surface area contributed by atoms with Gasteiger partial charge in [-0.15, -0.1) is 5.06 Å². The van der Waals surface area contributed by atoms with Gasteiger partial charge in [0.15, 0.2) is 0 Å². The van der Waals surface area contributed by atoms with Crippen molar-refractivity contribution in [2.45, 2.75) is 96.9 Å². The molecule has 1 saturated heterocycles. The van der Waals surface area contributed by atoms with E-state index in [1.807, 2.05) is 0 Å². The van der Waals surface area contributed by atoms with Crippen LogP contribution in [-0.2, 0) is 24.0 Å². The zero-order chi connectivity index (χ0) is 19.4. The highest BCUT2D eigenvalue weighted by atomic mass is 16.7. The Kier molecular flexibility index (Phi) is 10.6. The number of unbranched alkanes of at least 4 members (excludes halogenated alkanes) is 8. The quantitative estimate of drug-likeness (QED) is 0.398. The number of imide groups is 1. The summed E-state index contributed by atoms with van der Waals surface area (Å²) < 4.78 is 0. The molecule has 1 rings (SSSR count). The lowest BCUT2D eigenvalue weighted by Crippen LogP contribution is -2.43. The number of hydroxylamine groups is 2. The zero-order valence-electron chi connectivity index (χ0n) is 16.1. The van der Waals surface area contributed by atoms with Crippen molar-refractivity contribution in [3.05, 3.63) is 0 Å².